The van der Waals surface area contributed by atoms with Gasteiger partial charge in [-0.2, -0.15) is 4.98 Å². The molecule has 1 saturated heterocycles. The maximum atomic E-state index is 12.1. The molecule has 0 bridgehead atoms. The van der Waals surface area contributed by atoms with Crippen LogP contribution >= 0.6 is 0 Å². The summed E-state index contributed by atoms with van der Waals surface area (Å²) in [6.07, 6.45) is 2.15. The van der Waals surface area contributed by atoms with Crippen LogP contribution in [0.15, 0.2) is 28.8 Å². The van der Waals surface area contributed by atoms with Crippen LogP contribution in [0.25, 0.3) is 11.5 Å². The molecule has 1 amide bonds. The van der Waals surface area contributed by atoms with E-state index in [9.17, 15) is 4.79 Å². The van der Waals surface area contributed by atoms with Crippen LogP contribution in [0.5, 0.6) is 0 Å². The molecular weight excluding hydrogens is 304 g/mol. The van der Waals surface area contributed by atoms with Crippen LogP contribution in [-0.4, -0.2) is 52.0 Å². The lowest BCUT2D eigenvalue weighted by atomic mass is 10.1. The molecule has 4 rings (SSSR count). The second-order valence-electron chi connectivity index (χ2n) is 6.76. The van der Waals surface area contributed by atoms with Gasteiger partial charge < -0.3 is 9.42 Å². The SMILES string of the molecule is Cc1ccc(-c2nc(CN3CCN(C(=O)C4CC4)CC3)no2)cc1. The summed E-state index contributed by atoms with van der Waals surface area (Å²) in [5.74, 6) is 1.92. The maximum Gasteiger partial charge on any atom is 0.257 e. The van der Waals surface area contributed by atoms with Gasteiger partial charge in [0, 0.05) is 37.7 Å². The highest BCUT2D eigenvalue weighted by Gasteiger charge is 2.34. The zero-order valence-electron chi connectivity index (χ0n) is 13.9. The van der Waals surface area contributed by atoms with Crippen LogP contribution in [0.4, 0.5) is 0 Å². The van der Waals surface area contributed by atoms with Gasteiger partial charge in [-0.15, -0.1) is 0 Å². The van der Waals surface area contributed by atoms with Crippen molar-refractivity contribution in [3.63, 3.8) is 0 Å². The molecule has 2 aliphatic rings. The van der Waals surface area contributed by atoms with Gasteiger partial charge >= 0.3 is 0 Å². The van der Waals surface area contributed by atoms with E-state index in [0.717, 1.165) is 44.6 Å². The summed E-state index contributed by atoms with van der Waals surface area (Å²) in [7, 11) is 0. The Hall–Kier alpha value is -2.21. The normalized spacial score (nSPS) is 18.8. The van der Waals surface area contributed by atoms with E-state index >= 15 is 0 Å². The molecule has 1 aromatic carbocycles. The van der Waals surface area contributed by atoms with Gasteiger partial charge in [0.15, 0.2) is 5.82 Å². The minimum atomic E-state index is 0.311. The summed E-state index contributed by atoms with van der Waals surface area (Å²) in [6.45, 7) is 6.06. The molecule has 1 aliphatic heterocycles. The van der Waals surface area contributed by atoms with Crippen molar-refractivity contribution in [1.82, 2.24) is 19.9 Å². The Morgan fingerprint density at radius 3 is 2.54 bits per heavy atom. The van der Waals surface area contributed by atoms with E-state index in [1.54, 1.807) is 0 Å². The number of amides is 1. The number of aromatic nitrogens is 2. The molecule has 0 N–H and O–H groups in total. The third kappa shape index (κ3) is 3.33. The highest BCUT2D eigenvalue weighted by Crippen LogP contribution is 2.31. The van der Waals surface area contributed by atoms with Crippen molar-refractivity contribution < 1.29 is 9.32 Å². The molecule has 6 nitrogen and oxygen atoms in total. The minimum absolute atomic E-state index is 0.311. The number of benzene rings is 1. The van der Waals surface area contributed by atoms with Gasteiger partial charge in [-0.25, -0.2) is 0 Å². The third-order valence-electron chi connectivity index (χ3n) is 4.74. The lowest BCUT2D eigenvalue weighted by Crippen LogP contribution is -2.48. The zero-order chi connectivity index (χ0) is 16.5. The fourth-order valence-electron chi connectivity index (χ4n) is 3.05. The van der Waals surface area contributed by atoms with E-state index in [-0.39, 0.29) is 0 Å². The van der Waals surface area contributed by atoms with Gasteiger partial charge in [0.05, 0.1) is 6.54 Å². The highest BCUT2D eigenvalue weighted by molar-refractivity contribution is 5.81. The number of rotatable bonds is 4. The predicted molar refractivity (Wildman–Crippen MR) is 89.1 cm³/mol. The van der Waals surface area contributed by atoms with E-state index in [1.165, 1.54) is 5.56 Å². The molecule has 0 radical (unpaired) electrons. The van der Waals surface area contributed by atoms with E-state index in [0.29, 0.717) is 30.1 Å². The summed E-state index contributed by atoms with van der Waals surface area (Å²) in [6, 6.07) is 8.06. The first kappa shape index (κ1) is 15.3. The first-order valence-corrected chi connectivity index (χ1v) is 8.60. The molecule has 1 aliphatic carbocycles. The largest absolute Gasteiger partial charge is 0.340 e. The van der Waals surface area contributed by atoms with Crippen LogP contribution < -0.4 is 0 Å². The second-order valence-corrected chi connectivity index (χ2v) is 6.76. The van der Waals surface area contributed by atoms with E-state index < -0.39 is 0 Å². The summed E-state index contributed by atoms with van der Waals surface area (Å²) in [4.78, 5) is 20.9. The van der Waals surface area contributed by atoms with Crippen LogP contribution in [0.1, 0.15) is 24.2 Å². The van der Waals surface area contributed by atoms with Gasteiger partial charge in [0.1, 0.15) is 0 Å². The minimum Gasteiger partial charge on any atom is -0.340 e. The average Bonchev–Trinajstić information content (AvgIpc) is 3.35. The van der Waals surface area contributed by atoms with Crippen molar-refractivity contribution in [2.45, 2.75) is 26.3 Å². The standard InChI is InChI=1S/C18H22N4O2/c1-13-2-4-14(5-3-13)17-19-16(20-24-17)12-21-8-10-22(11-9-21)18(23)15-6-7-15/h2-5,15H,6-12H2,1H3. The fourth-order valence-corrected chi connectivity index (χ4v) is 3.05. The summed E-state index contributed by atoms with van der Waals surface area (Å²) >= 11 is 0. The Labute approximate surface area is 141 Å². The van der Waals surface area contributed by atoms with Gasteiger partial charge in [-0.3, -0.25) is 9.69 Å². The number of carbonyl (C=O) groups is 1. The number of hydrogen-bond acceptors (Lipinski definition) is 5. The average molecular weight is 326 g/mol. The molecule has 2 fully saturated rings. The topological polar surface area (TPSA) is 62.5 Å². The van der Waals surface area contributed by atoms with Crippen molar-refractivity contribution in [2.24, 2.45) is 5.92 Å². The van der Waals surface area contributed by atoms with Crippen molar-refractivity contribution in [3.05, 3.63) is 35.7 Å². The van der Waals surface area contributed by atoms with Crippen molar-refractivity contribution in [3.8, 4) is 11.5 Å². The van der Waals surface area contributed by atoms with E-state index in [2.05, 4.69) is 22.0 Å². The smallest absolute Gasteiger partial charge is 0.257 e. The Bertz CT molecular complexity index is 713. The van der Waals surface area contributed by atoms with Gasteiger partial charge in [-0.05, 0) is 31.9 Å². The molecule has 1 saturated carbocycles. The van der Waals surface area contributed by atoms with Crippen molar-refractivity contribution >= 4 is 5.91 Å². The van der Waals surface area contributed by atoms with Gasteiger partial charge in [0.2, 0.25) is 5.91 Å². The quantitative estimate of drug-likeness (QED) is 0.861. The first-order chi connectivity index (χ1) is 11.7. The van der Waals surface area contributed by atoms with Crippen LogP contribution in [0.2, 0.25) is 0 Å². The molecule has 126 valence electrons. The van der Waals surface area contributed by atoms with E-state index in [4.69, 9.17) is 4.52 Å². The third-order valence-corrected chi connectivity index (χ3v) is 4.74. The number of carbonyl (C=O) groups excluding carboxylic acids is 1. The molecule has 0 atom stereocenters. The number of hydrogen-bond donors (Lipinski definition) is 0. The monoisotopic (exact) mass is 326 g/mol. The number of piperazine rings is 1. The Morgan fingerprint density at radius 2 is 1.88 bits per heavy atom. The zero-order valence-corrected chi connectivity index (χ0v) is 13.9. The second kappa shape index (κ2) is 6.36. The predicted octanol–water partition coefficient (Wildman–Crippen LogP) is 2.10. The van der Waals surface area contributed by atoms with E-state index in [1.807, 2.05) is 29.2 Å². The summed E-state index contributed by atoms with van der Waals surface area (Å²) in [5, 5.41) is 4.09. The Kier molecular flexibility index (Phi) is 4.06. The van der Waals surface area contributed by atoms with Crippen LogP contribution in [0, 0.1) is 12.8 Å². The number of aryl methyl sites for hydroxylation is 1. The van der Waals surface area contributed by atoms with Gasteiger partial charge in [-0.1, -0.05) is 22.9 Å². The first-order valence-electron chi connectivity index (χ1n) is 8.60. The molecule has 2 aromatic rings. The van der Waals surface area contributed by atoms with Crippen molar-refractivity contribution in [2.75, 3.05) is 26.2 Å². The van der Waals surface area contributed by atoms with Crippen LogP contribution in [0.3, 0.4) is 0 Å². The number of nitrogens with zero attached hydrogens (tertiary/aromatic N) is 4. The molecule has 0 spiro atoms. The highest BCUT2D eigenvalue weighted by atomic mass is 16.5. The maximum absolute atomic E-state index is 12.1. The van der Waals surface area contributed by atoms with Crippen LogP contribution in [-0.2, 0) is 11.3 Å². The molecule has 0 unspecified atom stereocenters. The Morgan fingerprint density at radius 1 is 1.17 bits per heavy atom. The molecule has 24 heavy (non-hydrogen) atoms. The van der Waals surface area contributed by atoms with Gasteiger partial charge in [0.25, 0.3) is 5.89 Å². The van der Waals surface area contributed by atoms with Crippen molar-refractivity contribution in [1.29, 1.82) is 0 Å². The molecule has 1 aromatic heterocycles. The Balaban J connectivity index is 1.33. The lowest BCUT2D eigenvalue weighted by Gasteiger charge is -2.34. The molecular formula is C18H22N4O2. The summed E-state index contributed by atoms with van der Waals surface area (Å²) < 4.78 is 5.38. The lowest BCUT2D eigenvalue weighted by molar-refractivity contribution is -0.134. The summed E-state index contributed by atoms with van der Waals surface area (Å²) in [5.41, 5.74) is 2.15. The molecule has 6 heteroatoms. The fraction of sp³-hybridized carbons (Fsp3) is 0.500. The molecule has 2 heterocycles.